The lowest BCUT2D eigenvalue weighted by Crippen LogP contribution is -2.36. The van der Waals surface area contributed by atoms with Gasteiger partial charge in [-0.2, -0.15) is 11.8 Å². The first kappa shape index (κ1) is 13.1. The Balaban J connectivity index is 3.39. The Morgan fingerprint density at radius 2 is 2.15 bits per heavy atom. The van der Waals surface area contributed by atoms with Crippen molar-refractivity contribution in [3.05, 3.63) is 0 Å². The van der Waals surface area contributed by atoms with E-state index in [1.54, 1.807) is 18.7 Å². The normalized spacial score (nSPS) is 12.0. The molecule has 0 atom stereocenters. The molecule has 0 unspecified atom stereocenters. The summed E-state index contributed by atoms with van der Waals surface area (Å²) in [5.41, 5.74) is 0. The molecule has 0 aromatic rings. The van der Waals surface area contributed by atoms with Gasteiger partial charge in [0.1, 0.15) is 6.61 Å². The summed E-state index contributed by atoms with van der Waals surface area (Å²) in [4.78, 5) is 0. The van der Waals surface area contributed by atoms with Crippen molar-refractivity contribution in [2.45, 2.75) is 12.8 Å². The Kier molecular flexibility index (Phi) is 7.60. The second-order valence-corrected chi connectivity index (χ2v) is 3.67. The molecule has 0 aliphatic carbocycles. The number of halogens is 2. The Hall–Kier alpha value is 0.130. The molecule has 2 nitrogen and oxygen atoms in total. The van der Waals surface area contributed by atoms with Gasteiger partial charge < -0.3 is 10.1 Å². The summed E-state index contributed by atoms with van der Waals surface area (Å²) in [6, 6.07) is 0. The van der Waals surface area contributed by atoms with E-state index in [1.165, 1.54) is 0 Å². The molecule has 0 saturated carbocycles. The van der Waals surface area contributed by atoms with Crippen LogP contribution < -0.4 is 5.32 Å². The fourth-order valence-electron chi connectivity index (χ4n) is 0.723. The average molecular weight is 213 g/mol. The zero-order valence-corrected chi connectivity index (χ0v) is 8.92. The van der Waals surface area contributed by atoms with Gasteiger partial charge in [0.25, 0.3) is 5.92 Å². The average Bonchev–Trinajstić information content (AvgIpc) is 2.09. The van der Waals surface area contributed by atoms with E-state index >= 15 is 0 Å². The van der Waals surface area contributed by atoms with Gasteiger partial charge >= 0.3 is 0 Å². The van der Waals surface area contributed by atoms with Crippen LogP contribution >= 0.6 is 11.8 Å². The maximum absolute atomic E-state index is 12.8. The molecular weight excluding hydrogens is 196 g/mol. The largest absolute Gasteiger partial charge is 0.374 e. The first-order valence-electron chi connectivity index (χ1n) is 4.27. The lowest BCUT2D eigenvalue weighted by molar-refractivity contribution is -0.0712. The van der Waals surface area contributed by atoms with Gasteiger partial charge in [-0.05, 0) is 12.8 Å². The quantitative estimate of drug-likeness (QED) is 0.619. The number of ether oxygens (including phenoxy) is 1. The number of hydrogen-bond donors (Lipinski definition) is 1. The van der Waals surface area contributed by atoms with Gasteiger partial charge in [0.05, 0.1) is 13.2 Å². The smallest absolute Gasteiger partial charge is 0.283 e. The molecule has 0 aliphatic rings. The summed E-state index contributed by atoms with van der Waals surface area (Å²) in [5.74, 6) is -1.98. The maximum atomic E-state index is 12.8. The van der Waals surface area contributed by atoms with E-state index in [9.17, 15) is 8.78 Å². The number of hydrogen-bond acceptors (Lipinski definition) is 3. The molecular formula is C8H17F2NOS. The molecule has 0 heterocycles. The van der Waals surface area contributed by atoms with Gasteiger partial charge in [-0.3, -0.25) is 0 Å². The van der Waals surface area contributed by atoms with Crippen LogP contribution in [-0.4, -0.2) is 44.2 Å². The van der Waals surface area contributed by atoms with Crippen LogP contribution in [0, 0.1) is 0 Å². The van der Waals surface area contributed by atoms with Crippen molar-refractivity contribution < 1.29 is 13.5 Å². The Bertz CT molecular complexity index is 125. The van der Waals surface area contributed by atoms with Crippen LogP contribution in [-0.2, 0) is 4.74 Å². The lowest BCUT2D eigenvalue weighted by Gasteiger charge is -2.16. The summed E-state index contributed by atoms with van der Waals surface area (Å²) in [6.45, 7) is 1.96. The molecule has 80 valence electrons. The van der Waals surface area contributed by atoms with E-state index < -0.39 is 12.5 Å². The van der Waals surface area contributed by atoms with Gasteiger partial charge in [-0.25, -0.2) is 8.78 Å². The maximum Gasteiger partial charge on any atom is 0.283 e. The summed E-state index contributed by atoms with van der Waals surface area (Å²) in [7, 11) is 0. The van der Waals surface area contributed by atoms with Crippen LogP contribution in [0.4, 0.5) is 8.78 Å². The van der Waals surface area contributed by atoms with Crippen LogP contribution in [0.2, 0.25) is 0 Å². The van der Waals surface area contributed by atoms with E-state index in [4.69, 9.17) is 4.74 Å². The fourth-order valence-corrected chi connectivity index (χ4v) is 1.01. The number of nitrogens with one attached hydrogen (secondary N) is 1. The van der Waals surface area contributed by atoms with Crippen LogP contribution in [0.15, 0.2) is 0 Å². The minimum Gasteiger partial charge on any atom is -0.374 e. The second kappa shape index (κ2) is 7.53. The molecule has 0 aromatic carbocycles. The number of alkyl halides is 2. The molecule has 0 bridgehead atoms. The number of rotatable bonds is 8. The SMILES string of the molecule is CCNCC(F)(F)COCCSC. The molecule has 13 heavy (non-hydrogen) atoms. The predicted molar refractivity (Wildman–Crippen MR) is 52.7 cm³/mol. The van der Waals surface area contributed by atoms with E-state index in [0.717, 1.165) is 5.75 Å². The molecule has 0 aliphatic heterocycles. The van der Waals surface area contributed by atoms with Crippen molar-refractivity contribution in [2.24, 2.45) is 0 Å². The Morgan fingerprint density at radius 3 is 2.69 bits per heavy atom. The number of thioether (sulfide) groups is 1. The molecule has 0 saturated heterocycles. The molecule has 0 radical (unpaired) electrons. The van der Waals surface area contributed by atoms with E-state index in [1.807, 2.05) is 6.26 Å². The van der Waals surface area contributed by atoms with Crippen LogP contribution in [0.1, 0.15) is 6.92 Å². The standard InChI is InChI=1S/C8H17F2NOS/c1-3-11-6-8(9,10)7-12-4-5-13-2/h11H,3-7H2,1-2H3. The van der Waals surface area contributed by atoms with Crippen LogP contribution in [0.5, 0.6) is 0 Å². The minimum absolute atomic E-state index is 0.303. The summed E-state index contributed by atoms with van der Waals surface area (Å²) >= 11 is 1.58. The highest BCUT2D eigenvalue weighted by Gasteiger charge is 2.28. The summed E-state index contributed by atoms with van der Waals surface area (Å²) < 4.78 is 30.5. The van der Waals surface area contributed by atoms with Gasteiger partial charge in [0, 0.05) is 5.75 Å². The highest BCUT2D eigenvalue weighted by atomic mass is 32.2. The fraction of sp³-hybridized carbons (Fsp3) is 1.00. The zero-order valence-electron chi connectivity index (χ0n) is 8.11. The molecule has 0 rings (SSSR count). The first-order valence-corrected chi connectivity index (χ1v) is 5.67. The van der Waals surface area contributed by atoms with Crippen molar-refractivity contribution in [1.82, 2.24) is 5.32 Å². The molecule has 0 aromatic heterocycles. The van der Waals surface area contributed by atoms with Crippen molar-refractivity contribution in [1.29, 1.82) is 0 Å². The molecule has 0 amide bonds. The molecule has 0 fully saturated rings. The second-order valence-electron chi connectivity index (χ2n) is 2.68. The van der Waals surface area contributed by atoms with Crippen molar-refractivity contribution in [3.63, 3.8) is 0 Å². The monoisotopic (exact) mass is 213 g/mol. The summed E-state index contributed by atoms with van der Waals surface area (Å²) in [5, 5.41) is 2.59. The molecule has 5 heteroatoms. The first-order chi connectivity index (χ1) is 6.12. The van der Waals surface area contributed by atoms with E-state index in [2.05, 4.69) is 5.32 Å². The zero-order chi connectivity index (χ0) is 10.2. The van der Waals surface area contributed by atoms with Crippen molar-refractivity contribution in [3.8, 4) is 0 Å². The third-order valence-corrected chi connectivity index (χ3v) is 1.95. The van der Waals surface area contributed by atoms with Crippen molar-refractivity contribution >= 4 is 11.8 Å². The third kappa shape index (κ3) is 8.46. The molecule has 0 spiro atoms. The van der Waals surface area contributed by atoms with Gasteiger partial charge in [-0.15, -0.1) is 0 Å². The molecule has 1 N–H and O–H groups in total. The predicted octanol–water partition coefficient (Wildman–Crippen LogP) is 1.61. The van der Waals surface area contributed by atoms with Gasteiger partial charge in [0.15, 0.2) is 0 Å². The van der Waals surface area contributed by atoms with Gasteiger partial charge in [0.2, 0.25) is 0 Å². The Morgan fingerprint density at radius 1 is 1.46 bits per heavy atom. The van der Waals surface area contributed by atoms with Gasteiger partial charge in [-0.1, -0.05) is 6.92 Å². The third-order valence-electron chi connectivity index (χ3n) is 1.38. The van der Waals surface area contributed by atoms with E-state index in [-0.39, 0.29) is 6.54 Å². The highest BCUT2D eigenvalue weighted by Crippen LogP contribution is 2.12. The van der Waals surface area contributed by atoms with Crippen LogP contribution in [0.3, 0.4) is 0 Å². The van der Waals surface area contributed by atoms with Crippen LogP contribution in [0.25, 0.3) is 0 Å². The topological polar surface area (TPSA) is 21.3 Å². The highest BCUT2D eigenvalue weighted by molar-refractivity contribution is 7.98. The summed E-state index contributed by atoms with van der Waals surface area (Å²) in [6.07, 6.45) is 1.92. The van der Waals surface area contributed by atoms with E-state index in [0.29, 0.717) is 13.2 Å². The minimum atomic E-state index is -2.74. The van der Waals surface area contributed by atoms with Crippen molar-refractivity contribution in [2.75, 3.05) is 38.3 Å². The lowest BCUT2D eigenvalue weighted by atomic mass is 10.3. The Labute approximate surface area is 82.4 Å².